The molecule has 0 aliphatic rings. The zero-order valence-corrected chi connectivity index (χ0v) is 13.6. The largest absolute Gasteiger partial charge is 0.457 e. The lowest BCUT2D eigenvalue weighted by molar-refractivity contribution is -0.146. The molecule has 0 radical (unpaired) electrons. The van der Waals surface area contributed by atoms with E-state index in [1.807, 2.05) is 60.7 Å². The second-order valence-corrected chi connectivity index (χ2v) is 5.29. The number of benzene rings is 2. The molecule has 0 unspecified atom stereocenters. The lowest BCUT2D eigenvalue weighted by Crippen LogP contribution is -2.11. The highest BCUT2D eigenvalue weighted by Gasteiger charge is 2.11. The summed E-state index contributed by atoms with van der Waals surface area (Å²) in [6.45, 7) is 0.789. The Balaban J connectivity index is 1.42. The highest BCUT2D eigenvalue weighted by molar-refractivity contribution is 5.69. The van der Waals surface area contributed by atoms with E-state index in [0.29, 0.717) is 19.0 Å². The fourth-order valence-electron chi connectivity index (χ4n) is 2.20. The molecule has 128 valence electrons. The minimum Gasteiger partial charge on any atom is -0.457 e. The normalized spacial score (nSPS) is 10.6. The van der Waals surface area contributed by atoms with Crippen molar-refractivity contribution >= 4 is 5.97 Å². The third kappa shape index (κ3) is 4.95. The molecule has 7 heteroatoms. The third-order valence-electron chi connectivity index (χ3n) is 3.46. The molecular weight excluding hydrogens is 320 g/mol. The molecule has 0 saturated carbocycles. The van der Waals surface area contributed by atoms with E-state index in [1.54, 1.807) is 4.68 Å². The van der Waals surface area contributed by atoms with Crippen LogP contribution in [0.2, 0.25) is 0 Å². The van der Waals surface area contributed by atoms with E-state index in [4.69, 9.17) is 9.47 Å². The first-order valence-corrected chi connectivity index (χ1v) is 7.93. The quantitative estimate of drug-likeness (QED) is 0.463. The molecule has 3 aromatic rings. The number of hydrogen-bond donors (Lipinski definition) is 0. The zero-order chi connectivity index (χ0) is 17.3. The molecular formula is C18H18N4O3. The van der Waals surface area contributed by atoms with Crippen molar-refractivity contribution in [3.8, 4) is 5.69 Å². The molecule has 3 rings (SSSR count). The Hall–Kier alpha value is -3.06. The molecule has 2 aromatic carbocycles. The molecule has 0 spiro atoms. The van der Waals surface area contributed by atoms with Crippen LogP contribution in [0.4, 0.5) is 0 Å². The fraction of sp³-hybridized carbons (Fsp3) is 0.222. The minimum absolute atomic E-state index is 0.0133. The number of carbonyl (C=O) groups excluding carboxylic acids is 1. The van der Waals surface area contributed by atoms with Crippen molar-refractivity contribution in [1.29, 1.82) is 0 Å². The molecule has 1 aromatic heterocycles. The van der Waals surface area contributed by atoms with E-state index in [9.17, 15) is 4.79 Å². The van der Waals surface area contributed by atoms with Crippen molar-refractivity contribution in [3.63, 3.8) is 0 Å². The lowest BCUT2D eigenvalue weighted by Gasteiger charge is -2.07. The molecule has 25 heavy (non-hydrogen) atoms. The van der Waals surface area contributed by atoms with Gasteiger partial charge in [-0.15, -0.1) is 5.10 Å². The van der Waals surface area contributed by atoms with Gasteiger partial charge in [0, 0.05) is 0 Å². The first kappa shape index (κ1) is 16.8. The first-order chi connectivity index (χ1) is 12.3. The van der Waals surface area contributed by atoms with Crippen LogP contribution in [0.3, 0.4) is 0 Å². The predicted molar refractivity (Wildman–Crippen MR) is 89.7 cm³/mol. The zero-order valence-electron chi connectivity index (χ0n) is 13.6. The average molecular weight is 338 g/mol. The van der Waals surface area contributed by atoms with E-state index < -0.39 is 0 Å². The Labute approximate surface area is 145 Å². The van der Waals surface area contributed by atoms with Gasteiger partial charge in [0.05, 0.1) is 25.3 Å². The monoisotopic (exact) mass is 338 g/mol. The van der Waals surface area contributed by atoms with Gasteiger partial charge in [-0.1, -0.05) is 48.5 Å². The number of rotatable bonds is 8. The Morgan fingerprint density at radius 2 is 1.68 bits per heavy atom. The van der Waals surface area contributed by atoms with Crippen LogP contribution < -0.4 is 0 Å². The summed E-state index contributed by atoms with van der Waals surface area (Å²) in [5.41, 5.74) is 1.88. The molecule has 0 N–H and O–H groups in total. The van der Waals surface area contributed by atoms with Crippen LogP contribution in [0, 0.1) is 0 Å². The van der Waals surface area contributed by atoms with Gasteiger partial charge in [-0.05, 0) is 28.1 Å². The summed E-state index contributed by atoms with van der Waals surface area (Å²) < 4.78 is 12.2. The van der Waals surface area contributed by atoms with Gasteiger partial charge in [0.25, 0.3) is 0 Å². The van der Waals surface area contributed by atoms with Crippen LogP contribution in [-0.2, 0) is 27.5 Å². The van der Waals surface area contributed by atoms with Gasteiger partial charge < -0.3 is 9.47 Å². The summed E-state index contributed by atoms with van der Waals surface area (Å²) >= 11 is 0. The van der Waals surface area contributed by atoms with Crippen LogP contribution >= 0.6 is 0 Å². The van der Waals surface area contributed by atoms with Gasteiger partial charge in [0.1, 0.15) is 0 Å². The molecule has 0 saturated heterocycles. The summed E-state index contributed by atoms with van der Waals surface area (Å²) in [5, 5.41) is 11.4. The Kier molecular flexibility index (Phi) is 5.84. The predicted octanol–water partition coefficient (Wildman–Crippen LogP) is 2.31. The minimum atomic E-state index is -0.351. The molecule has 0 aliphatic carbocycles. The first-order valence-electron chi connectivity index (χ1n) is 7.93. The summed E-state index contributed by atoms with van der Waals surface area (Å²) in [4.78, 5) is 11.8. The smallest absolute Gasteiger partial charge is 0.308 e. The number of tetrazole rings is 1. The molecule has 0 fully saturated rings. The van der Waals surface area contributed by atoms with Crippen molar-refractivity contribution in [2.24, 2.45) is 0 Å². The maximum absolute atomic E-state index is 11.8. The summed E-state index contributed by atoms with van der Waals surface area (Å²) in [5.74, 6) is 0.112. The van der Waals surface area contributed by atoms with E-state index in [1.165, 1.54) is 0 Å². The van der Waals surface area contributed by atoms with E-state index in [0.717, 1.165) is 11.3 Å². The highest BCUT2D eigenvalue weighted by atomic mass is 16.5. The van der Waals surface area contributed by atoms with Gasteiger partial charge in [-0.3, -0.25) is 4.79 Å². The van der Waals surface area contributed by atoms with E-state index in [-0.39, 0.29) is 19.0 Å². The van der Waals surface area contributed by atoms with Crippen molar-refractivity contribution < 1.29 is 14.3 Å². The maximum Gasteiger partial charge on any atom is 0.308 e. The van der Waals surface area contributed by atoms with E-state index in [2.05, 4.69) is 15.5 Å². The van der Waals surface area contributed by atoms with Crippen molar-refractivity contribution in [2.75, 3.05) is 6.61 Å². The Morgan fingerprint density at radius 1 is 0.960 bits per heavy atom. The van der Waals surface area contributed by atoms with Gasteiger partial charge >= 0.3 is 5.97 Å². The Bertz CT molecular complexity index is 790. The van der Waals surface area contributed by atoms with Crippen LogP contribution in [0.25, 0.3) is 5.69 Å². The van der Waals surface area contributed by atoms with Crippen LogP contribution in [0.15, 0.2) is 60.7 Å². The summed E-state index contributed by atoms with van der Waals surface area (Å²) in [7, 11) is 0. The molecule has 0 atom stereocenters. The van der Waals surface area contributed by atoms with Crippen molar-refractivity contribution in [1.82, 2.24) is 20.2 Å². The standard InChI is InChI=1S/C18H18N4O3/c23-18(11-12-24-13-15-7-3-1-4-8-15)25-14-17-19-20-21-22(17)16-9-5-2-6-10-16/h1-10H,11-14H2. The second-order valence-electron chi connectivity index (χ2n) is 5.29. The van der Waals surface area contributed by atoms with E-state index >= 15 is 0 Å². The number of carbonyl (C=O) groups is 1. The molecule has 0 aliphatic heterocycles. The Morgan fingerprint density at radius 3 is 2.44 bits per heavy atom. The molecule has 0 amide bonds. The molecule has 7 nitrogen and oxygen atoms in total. The number of esters is 1. The van der Waals surface area contributed by atoms with Gasteiger partial charge in [-0.25, -0.2) is 0 Å². The van der Waals surface area contributed by atoms with Crippen molar-refractivity contribution in [2.45, 2.75) is 19.6 Å². The topological polar surface area (TPSA) is 79.1 Å². The van der Waals surface area contributed by atoms with Crippen molar-refractivity contribution in [3.05, 3.63) is 72.1 Å². The number of nitrogens with zero attached hydrogens (tertiary/aromatic N) is 4. The SMILES string of the molecule is O=C(CCOCc1ccccc1)OCc1nnnn1-c1ccccc1. The van der Waals surface area contributed by atoms with Crippen LogP contribution in [0.1, 0.15) is 17.8 Å². The number of hydrogen-bond acceptors (Lipinski definition) is 6. The molecule has 0 bridgehead atoms. The third-order valence-corrected chi connectivity index (χ3v) is 3.46. The number of aromatic nitrogens is 4. The van der Waals surface area contributed by atoms with Crippen LogP contribution in [0.5, 0.6) is 0 Å². The highest BCUT2D eigenvalue weighted by Crippen LogP contribution is 2.08. The summed E-state index contributed by atoms with van der Waals surface area (Å²) in [6, 6.07) is 19.2. The fourth-order valence-corrected chi connectivity index (χ4v) is 2.20. The number of para-hydroxylation sites is 1. The van der Waals surface area contributed by atoms with Gasteiger partial charge in [0.15, 0.2) is 12.4 Å². The number of ether oxygens (including phenoxy) is 2. The van der Waals surface area contributed by atoms with Crippen LogP contribution in [-0.4, -0.2) is 32.8 Å². The second kappa shape index (κ2) is 8.70. The average Bonchev–Trinajstić information content (AvgIpc) is 3.14. The van der Waals surface area contributed by atoms with Gasteiger partial charge in [0.2, 0.25) is 0 Å². The molecule has 1 heterocycles. The maximum atomic E-state index is 11.8. The van der Waals surface area contributed by atoms with Gasteiger partial charge in [-0.2, -0.15) is 4.68 Å². The summed E-state index contributed by atoms with van der Waals surface area (Å²) in [6.07, 6.45) is 0.180. The lowest BCUT2D eigenvalue weighted by atomic mass is 10.2.